The molecule has 1 amide bonds. The summed E-state index contributed by atoms with van der Waals surface area (Å²) in [5.74, 6) is 0.0865. The van der Waals surface area contributed by atoms with Crippen LogP contribution in [0.3, 0.4) is 0 Å². The number of ether oxygens (including phenoxy) is 1. The van der Waals surface area contributed by atoms with Crippen LogP contribution in [0.25, 0.3) is 0 Å². The highest BCUT2D eigenvalue weighted by Crippen LogP contribution is 2.25. The number of hydrogen-bond acceptors (Lipinski definition) is 2. The first-order valence-electron chi connectivity index (χ1n) is 8.08. The SMILES string of the molecule is CCCCCCC[C@@H]1C[C@H](NC(C)=O)C[C@H](CC)O1. The zero-order chi connectivity index (χ0) is 14.1. The summed E-state index contributed by atoms with van der Waals surface area (Å²) in [7, 11) is 0. The van der Waals surface area contributed by atoms with Gasteiger partial charge in [0.2, 0.25) is 5.91 Å². The van der Waals surface area contributed by atoms with Gasteiger partial charge in [0, 0.05) is 13.0 Å². The van der Waals surface area contributed by atoms with E-state index in [-0.39, 0.29) is 5.91 Å². The van der Waals surface area contributed by atoms with E-state index < -0.39 is 0 Å². The van der Waals surface area contributed by atoms with Crippen LogP contribution in [0, 0.1) is 0 Å². The molecule has 3 heteroatoms. The lowest BCUT2D eigenvalue weighted by Crippen LogP contribution is -2.44. The number of nitrogens with one attached hydrogen (secondary N) is 1. The van der Waals surface area contributed by atoms with Crippen molar-refractivity contribution in [2.75, 3.05) is 0 Å². The van der Waals surface area contributed by atoms with Crippen molar-refractivity contribution in [3.8, 4) is 0 Å². The summed E-state index contributed by atoms with van der Waals surface area (Å²) in [4.78, 5) is 11.2. The highest BCUT2D eigenvalue weighted by atomic mass is 16.5. The van der Waals surface area contributed by atoms with Crippen LogP contribution in [0.4, 0.5) is 0 Å². The molecule has 1 aliphatic heterocycles. The highest BCUT2D eigenvalue weighted by molar-refractivity contribution is 5.73. The minimum absolute atomic E-state index is 0.0865. The minimum Gasteiger partial charge on any atom is -0.375 e. The molecule has 0 aromatic carbocycles. The number of unbranched alkanes of at least 4 members (excludes halogenated alkanes) is 4. The molecule has 3 nitrogen and oxygen atoms in total. The Balaban J connectivity index is 2.28. The third-order valence-electron chi connectivity index (χ3n) is 3.97. The van der Waals surface area contributed by atoms with Gasteiger partial charge in [-0.15, -0.1) is 0 Å². The molecule has 0 aliphatic carbocycles. The monoisotopic (exact) mass is 269 g/mol. The van der Waals surface area contributed by atoms with Crippen LogP contribution in [0.2, 0.25) is 0 Å². The Morgan fingerprint density at radius 3 is 2.42 bits per heavy atom. The Bertz CT molecular complexity index is 255. The van der Waals surface area contributed by atoms with Crippen LogP contribution in [0.5, 0.6) is 0 Å². The Kier molecular flexibility index (Phi) is 8.11. The van der Waals surface area contributed by atoms with Gasteiger partial charge in [0.05, 0.1) is 12.2 Å². The first kappa shape index (κ1) is 16.5. The Hall–Kier alpha value is -0.570. The Morgan fingerprint density at radius 1 is 1.11 bits per heavy atom. The maximum atomic E-state index is 11.2. The van der Waals surface area contributed by atoms with Crippen molar-refractivity contribution < 1.29 is 9.53 Å². The zero-order valence-electron chi connectivity index (χ0n) is 12.9. The van der Waals surface area contributed by atoms with Gasteiger partial charge in [-0.1, -0.05) is 46.0 Å². The predicted octanol–water partition coefficient (Wildman–Crippen LogP) is 3.81. The van der Waals surface area contributed by atoms with E-state index in [1.165, 1.54) is 32.1 Å². The molecule has 1 rings (SSSR count). The van der Waals surface area contributed by atoms with Gasteiger partial charge in [-0.05, 0) is 25.7 Å². The molecule has 112 valence electrons. The highest BCUT2D eigenvalue weighted by Gasteiger charge is 2.28. The molecule has 0 radical (unpaired) electrons. The topological polar surface area (TPSA) is 38.3 Å². The average Bonchev–Trinajstić information content (AvgIpc) is 2.37. The summed E-state index contributed by atoms with van der Waals surface area (Å²) in [5, 5.41) is 3.07. The first-order chi connectivity index (χ1) is 9.15. The third kappa shape index (κ3) is 6.95. The molecule has 0 aromatic heterocycles. The zero-order valence-corrected chi connectivity index (χ0v) is 12.9. The molecule has 1 aliphatic rings. The van der Waals surface area contributed by atoms with Crippen molar-refractivity contribution in [2.45, 2.75) is 96.8 Å². The van der Waals surface area contributed by atoms with E-state index in [1.807, 2.05) is 0 Å². The summed E-state index contributed by atoms with van der Waals surface area (Å²) in [6.45, 7) is 6.02. The summed E-state index contributed by atoms with van der Waals surface area (Å²) in [6, 6.07) is 0.317. The van der Waals surface area contributed by atoms with Gasteiger partial charge >= 0.3 is 0 Å². The Labute approximate surface area is 118 Å². The molecule has 0 bridgehead atoms. The molecule has 0 saturated carbocycles. The van der Waals surface area contributed by atoms with Gasteiger partial charge in [-0.25, -0.2) is 0 Å². The van der Waals surface area contributed by atoms with Crippen LogP contribution < -0.4 is 5.32 Å². The molecular formula is C16H31NO2. The average molecular weight is 269 g/mol. The lowest BCUT2D eigenvalue weighted by atomic mass is 9.94. The van der Waals surface area contributed by atoms with E-state index in [0.29, 0.717) is 18.2 Å². The molecule has 19 heavy (non-hydrogen) atoms. The number of hydrogen-bond donors (Lipinski definition) is 1. The molecule has 0 aromatic rings. The standard InChI is InChI=1S/C16H31NO2/c1-4-6-7-8-9-10-16-12-14(17-13(3)18)11-15(5-2)19-16/h14-16H,4-12H2,1-3H3,(H,17,18)/t14-,15+,16-/m1/s1. The second-order valence-corrected chi connectivity index (χ2v) is 5.86. The fourth-order valence-corrected chi connectivity index (χ4v) is 2.94. The number of amides is 1. The van der Waals surface area contributed by atoms with E-state index in [0.717, 1.165) is 25.7 Å². The molecule has 1 fully saturated rings. The van der Waals surface area contributed by atoms with Crippen LogP contribution in [-0.2, 0) is 9.53 Å². The van der Waals surface area contributed by atoms with Gasteiger partial charge in [0.25, 0.3) is 0 Å². The van der Waals surface area contributed by atoms with Gasteiger partial charge in [0.15, 0.2) is 0 Å². The van der Waals surface area contributed by atoms with Crippen LogP contribution in [0.1, 0.15) is 78.6 Å². The van der Waals surface area contributed by atoms with Gasteiger partial charge in [0.1, 0.15) is 0 Å². The summed E-state index contributed by atoms with van der Waals surface area (Å²) >= 11 is 0. The second-order valence-electron chi connectivity index (χ2n) is 5.86. The fourth-order valence-electron chi connectivity index (χ4n) is 2.94. The van der Waals surface area contributed by atoms with Gasteiger partial charge in [-0.3, -0.25) is 4.79 Å². The first-order valence-corrected chi connectivity index (χ1v) is 8.08. The van der Waals surface area contributed by atoms with Crippen molar-refractivity contribution in [3.05, 3.63) is 0 Å². The lowest BCUT2D eigenvalue weighted by Gasteiger charge is -2.35. The van der Waals surface area contributed by atoms with E-state index in [9.17, 15) is 4.79 Å². The molecule has 1 saturated heterocycles. The molecule has 0 spiro atoms. The molecule has 0 unspecified atom stereocenters. The predicted molar refractivity (Wildman–Crippen MR) is 79.2 cm³/mol. The maximum Gasteiger partial charge on any atom is 0.217 e. The molecular weight excluding hydrogens is 238 g/mol. The van der Waals surface area contributed by atoms with E-state index >= 15 is 0 Å². The lowest BCUT2D eigenvalue weighted by molar-refractivity contribution is -0.122. The number of rotatable bonds is 8. The van der Waals surface area contributed by atoms with Crippen LogP contribution in [-0.4, -0.2) is 24.2 Å². The van der Waals surface area contributed by atoms with E-state index in [2.05, 4.69) is 19.2 Å². The summed E-state index contributed by atoms with van der Waals surface area (Å²) in [5.41, 5.74) is 0. The van der Waals surface area contributed by atoms with E-state index in [1.54, 1.807) is 6.92 Å². The smallest absolute Gasteiger partial charge is 0.217 e. The molecule has 1 heterocycles. The fraction of sp³-hybridized carbons (Fsp3) is 0.938. The van der Waals surface area contributed by atoms with Crippen molar-refractivity contribution in [1.82, 2.24) is 5.32 Å². The van der Waals surface area contributed by atoms with Crippen LogP contribution >= 0.6 is 0 Å². The second kappa shape index (κ2) is 9.35. The Morgan fingerprint density at radius 2 is 1.79 bits per heavy atom. The van der Waals surface area contributed by atoms with Crippen molar-refractivity contribution >= 4 is 5.91 Å². The van der Waals surface area contributed by atoms with Crippen molar-refractivity contribution in [2.24, 2.45) is 0 Å². The van der Waals surface area contributed by atoms with Gasteiger partial charge < -0.3 is 10.1 Å². The number of carbonyl (C=O) groups is 1. The van der Waals surface area contributed by atoms with Crippen molar-refractivity contribution in [3.63, 3.8) is 0 Å². The largest absolute Gasteiger partial charge is 0.375 e. The van der Waals surface area contributed by atoms with Gasteiger partial charge in [-0.2, -0.15) is 0 Å². The third-order valence-corrected chi connectivity index (χ3v) is 3.97. The summed E-state index contributed by atoms with van der Waals surface area (Å²) in [6.07, 6.45) is 11.4. The summed E-state index contributed by atoms with van der Waals surface area (Å²) < 4.78 is 6.10. The quantitative estimate of drug-likeness (QED) is 0.680. The molecule has 3 atom stereocenters. The van der Waals surface area contributed by atoms with E-state index in [4.69, 9.17) is 4.74 Å². The minimum atomic E-state index is 0.0865. The normalized spacial score (nSPS) is 27.2. The molecule has 1 N–H and O–H groups in total. The van der Waals surface area contributed by atoms with Crippen molar-refractivity contribution in [1.29, 1.82) is 0 Å². The van der Waals surface area contributed by atoms with Crippen LogP contribution in [0.15, 0.2) is 0 Å². The number of carbonyl (C=O) groups excluding carboxylic acids is 1. The maximum absolute atomic E-state index is 11.2.